The summed E-state index contributed by atoms with van der Waals surface area (Å²) < 4.78 is 55.9. The standard InChI is InChI=1S/C18H18F2N4O2S/c1-12-14(13(2)24(23-12)17-8-3-4-10-21-17)9-11-22-27(25,26)18-15(19)6-5-7-16(18)20/h3-8,10,22H,9,11H2,1-2H3. The Hall–Kier alpha value is -2.65. The fourth-order valence-electron chi connectivity index (χ4n) is 2.86. The second-order valence-electron chi connectivity index (χ2n) is 5.95. The summed E-state index contributed by atoms with van der Waals surface area (Å²) in [6.07, 6.45) is 1.97. The number of aryl methyl sites for hydroxylation is 1. The number of aromatic nitrogens is 3. The SMILES string of the molecule is Cc1nn(-c2ccccn2)c(C)c1CCNS(=O)(=O)c1c(F)cccc1F. The molecule has 6 nitrogen and oxygen atoms in total. The van der Waals surface area contributed by atoms with E-state index >= 15 is 0 Å². The zero-order valence-electron chi connectivity index (χ0n) is 14.8. The van der Waals surface area contributed by atoms with Gasteiger partial charge >= 0.3 is 0 Å². The summed E-state index contributed by atoms with van der Waals surface area (Å²) >= 11 is 0. The first-order chi connectivity index (χ1) is 12.8. The van der Waals surface area contributed by atoms with Crippen molar-refractivity contribution in [1.29, 1.82) is 0 Å². The molecule has 0 fully saturated rings. The number of nitrogens with zero attached hydrogens (tertiary/aromatic N) is 3. The Labute approximate surface area is 155 Å². The fourth-order valence-corrected chi connectivity index (χ4v) is 4.03. The van der Waals surface area contributed by atoms with Gasteiger partial charge in [-0.15, -0.1) is 0 Å². The molecule has 0 radical (unpaired) electrons. The average Bonchev–Trinajstić information content (AvgIpc) is 2.90. The largest absolute Gasteiger partial charge is 0.246 e. The van der Waals surface area contributed by atoms with Gasteiger partial charge in [-0.3, -0.25) is 0 Å². The van der Waals surface area contributed by atoms with Crippen molar-refractivity contribution in [2.75, 3.05) is 6.54 Å². The number of rotatable bonds is 6. The molecular weight excluding hydrogens is 374 g/mol. The molecule has 0 amide bonds. The maximum Gasteiger partial charge on any atom is 0.246 e. The van der Waals surface area contributed by atoms with Gasteiger partial charge in [-0.25, -0.2) is 31.6 Å². The van der Waals surface area contributed by atoms with E-state index in [9.17, 15) is 17.2 Å². The first-order valence-corrected chi connectivity index (χ1v) is 9.70. The number of halogens is 2. The number of hydrogen-bond acceptors (Lipinski definition) is 4. The van der Waals surface area contributed by atoms with Crippen molar-refractivity contribution in [3.63, 3.8) is 0 Å². The first kappa shape index (κ1) is 19.1. The highest BCUT2D eigenvalue weighted by molar-refractivity contribution is 7.89. The van der Waals surface area contributed by atoms with E-state index in [1.807, 2.05) is 26.0 Å². The third-order valence-corrected chi connectivity index (χ3v) is 5.67. The highest BCUT2D eigenvalue weighted by Gasteiger charge is 2.23. The van der Waals surface area contributed by atoms with E-state index in [0.717, 1.165) is 35.2 Å². The second kappa shape index (κ2) is 7.53. The molecule has 2 heterocycles. The summed E-state index contributed by atoms with van der Waals surface area (Å²) in [6.45, 7) is 3.65. The molecule has 1 N–H and O–H groups in total. The van der Waals surface area contributed by atoms with Gasteiger partial charge in [0.1, 0.15) is 11.6 Å². The minimum Gasteiger partial charge on any atom is -0.237 e. The maximum absolute atomic E-state index is 13.7. The second-order valence-corrected chi connectivity index (χ2v) is 7.65. The number of nitrogens with one attached hydrogen (secondary N) is 1. The third-order valence-electron chi connectivity index (χ3n) is 4.16. The maximum atomic E-state index is 13.7. The van der Waals surface area contributed by atoms with Gasteiger partial charge < -0.3 is 0 Å². The van der Waals surface area contributed by atoms with Gasteiger partial charge in [0.05, 0.1) is 5.69 Å². The van der Waals surface area contributed by atoms with Crippen molar-refractivity contribution in [2.45, 2.75) is 25.2 Å². The molecule has 0 aliphatic rings. The number of sulfonamides is 1. The lowest BCUT2D eigenvalue weighted by Gasteiger charge is -2.09. The molecule has 0 aliphatic heterocycles. The van der Waals surface area contributed by atoms with Crippen molar-refractivity contribution in [1.82, 2.24) is 19.5 Å². The average molecular weight is 392 g/mol. The van der Waals surface area contributed by atoms with Gasteiger partial charge in [0, 0.05) is 18.4 Å². The van der Waals surface area contributed by atoms with Crippen LogP contribution in [0.5, 0.6) is 0 Å². The topological polar surface area (TPSA) is 76.9 Å². The van der Waals surface area contributed by atoms with Crippen molar-refractivity contribution < 1.29 is 17.2 Å². The first-order valence-electron chi connectivity index (χ1n) is 8.21. The van der Waals surface area contributed by atoms with Gasteiger partial charge in [-0.2, -0.15) is 5.10 Å². The van der Waals surface area contributed by atoms with Crippen LogP contribution in [0.3, 0.4) is 0 Å². The lowest BCUT2D eigenvalue weighted by atomic mass is 10.1. The number of hydrogen-bond donors (Lipinski definition) is 1. The van der Waals surface area contributed by atoms with E-state index in [0.29, 0.717) is 12.2 Å². The van der Waals surface area contributed by atoms with Gasteiger partial charge in [-0.05, 0) is 50.1 Å². The number of pyridine rings is 1. The van der Waals surface area contributed by atoms with Gasteiger partial charge in [-0.1, -0.05) is 12.1 Å². The molecule has 9 heteroatoms. The minimum absolute atomic E-state index is 0.0221. The lowest BCUT2D eigenvalue weighted by Crippen LogP contribution is -2.28. The van der Waals surface area contributed by atoms with E-state index in [1.165, 1.54) is 0 Å². The monoisotopic (exact) mass is 392 g/mol. The molecule has 142 valence electrons. The molecule has 3 rings (SSSR count). The summed E-state index contributed by atoms with van der Waals surface area (Å²) in [6, 6.07) is 8.38. The molecule has 0 spiro atoms. The third kappa shape index (κ3) is 3.88. The van der Waals surface area contributed by atoms with Crippen LogP contribution in [0, 0.1) is 25.5 Å². The zero-order valence-corrected chi connectivity index (χ0v) is 15.6. The highest BCUT2D eigenvalue weighted by Crippen LogP contribution is 2.19. The Morgan fingerprint density at radius 3 is 2.41 bits per heavy atom. The Morgan fingerprint density at radius 2 is 1.78 bits per heavy atom. The van der Waals surface area contributed by atoms with Crippen molar-refractivity contribution in [3.05, 3.63) is 71.2 Å². The Balaban J connectivity index is 1.77. The predicted octanol–water partition coefficient (Wildman–Crippen LogP) is 2.68. The molecule has 27 heavy (non-hydrogen) atoms. The van der Waals surface area contributed by atoms with Gasteiger partial charge in [0.15, 0.2) is 10.7 Å². The summed E-state index contributed by atoms with van der Waals surface area (Å²) in [5.41, 5.74) is 2.40. The van der Waals surface area contributed by atoms with Crippen molar-refractivity contribution in [3.8, 4) is 5.82 Å². The summed E-state index contributed by atoms with van der Waals surface area (Å²) in [4.78, 5) is 3.28. The molecule has 0 saturated heterocycles. The predicted molar refractivity (Wildman–Crippen MR) is 96.1 cm³/mol. The van der Waals surface area contributed by atoms with Gasteiger partial charge in [0.2, 0.25) is 10.0 Å². The Morgan fingerprint density at radius 1 is 1.07 bits per heavy atom. The van der Waals surface area contributed by atoms with Gasteiger partial charge in [0.25, 0.3) is 0 Å². The molecule has 0 unspecified atom stereocenters. The van der Waals surface area contributed by atoms with Crippen LogP contribution in [0.25, 0.3) is 5.82 Å². The van der Waals surface area contributed by atoms with E-state index in [-0.39, 0.29) is 6.54 Å². The van der Waals surface area contributed by atoms with Crippen LogP contribution in [0.1, 0.15) is 17.0 Å². The molecule has 0 aliphatic carbocycles. The lowest BCUT2D eigenvalue weighted by molar-refractivity contribution is 0.514. The van der Waals surface area contributed by atoms with Crippen LogP contribution in [-0.2, 0) is 16.4 Å². The highest BCUT2D eigenvalue weighted by atomic mass is 32.2. The molecule has 2 aromatic heterocycles. The molecule has 3 aromatic rings. The van der Waals surface area contributed by atoms with Crippen LogP contribution >= 0.6 is 0 Å². The van der Waals surface area contributed by atoms with Crippen molar-refractivity contribution in [2.24, 2.45) is 0 Å². The van der Waals surface area contributed by atoms with E-state index < -0.39 is 26.6 Å². The minimum atomic E-state index is -4.30. The fraction of sp³-hybridized carbons (Fsp3) is 0.222. The summed E-state index contributed by atoms with van der Waals surface area (Å²) in [7, 11) is -4.30. The van der Waals surface area contributed by atoms with Crippen LogP contribution in [-0.4, -0.2) is 29.7 Å². The van der Waals surface area contributed by atoms with Crippen LogP contribution in [0.4, 0.5) is 8.78 Å². The van der Waals surface area contributed by atoms with E-state index in [2.05, 4.69) is 14.8 Å². The summed E-state index contributed by atoms with van der Waals surface area (Å²) in [5, 5.41) is 4.44. The molecule has 0 atom stereocenters. The van der Waals surface area contributed by atoms with E-state index in [4.69, 9.17) is 0 Å². The molecular formula is C18H18F2N4O2S. The Bertz CT molecular complexity index is 1050. The Kier molecular flexibility index (Phi) is 5.33. The van der Waals surface area contributed by atoms with Crippen molar-refractivity contribution >= 4 is 10.0 Å². The van der Waals surface area contributed by atoms with Crippen LogP contribution in [0.15, 0.2) is 47.5 Å². The van der Waals surface area contributed by atoms with E-state index in [1.54, 1.807) is 16.9 Å². The molecule has 1 aromatic carbocycles. The molecule has 0 saturated carbocycles. The normalized spacial score (nSPS) is 11.7. The smallest absolute Gasteiger partial charge is 0.237 e. The molecule has 0 bridgehead atoms. The number of benzene rings is 1. The quantitative estimate of drug-likeness (QED) is 0.700. The summed E-state index contributed by atoms with van der Waals surface area (Å²) in [5.74, 6) is -1.60. The van der Waals surface area contributed by atoms with Crippen LogP contribution in [0.2, 0.25) is 0 Å². The zero-order chi connectivity index (χ0) is 19.6. The van der Waals surface area contributed by atoms with Crippen LogP contribution < -0.4 is 4.72 Å².